The number of hydrogen-bond acceptors (Lipinski definition) is 4. The average molecular weight is 342 g/mol. The van der Waals surface area contributed by atoms with Crippen molar-refractivity contribution in [3.63, 3.8) is 0 Å². The lowest BCUT2D eigenvalue weighted by Gasteiger charge is -2.16. The van der Waals surface area contributed by atoms with Gasteiger partial charge in [-0.2, -0.15) is 0 Å². The normalized spacial score (nSPS) is 18.0. The van der Waals surface area contributed by atoms with Crippen LogP contribution in [0.15, 0.2) is 34.7 Å². The Morgan fingerprint density at radius 1 is 1.16 bits per heavy atom. The molecule has 0 bridgehead atoms. The largest absolute Gasteiger partial charge is 0.419 e. The third kappa shape index (κ3) is 3.25. The predicted octanol–water partition coefficient (Wildman–Crippen LogP) is 3.56. The molecule has 2 amide bonds. The molecule has 1 aliphatic carbocycles. The van der Waals surface area contributed by atoms with Crippen molar-refractivity contribution in [1.29, 1.82) is 0 Å². The Hall–Kier alpha value is -2.37. The number of urea groups is 1. The molecule has 1 N–H and O–H groups in total. The molecule has 1 aromatic carbocycles. The minimum absolute atomic E-state index is 0.127. The molecule has 6 heteroatoms. The van der Waals surface area contributed by atoms with Gasteiger partial charge in [-0.15, -0.1) is 10.2 Å². The lowest BCUT2D eigenvalue weighted by atomic mass is 10.0. The molecule has 0 atom stereocenters. The highest BCUT2D eigenvalue weighted by Gasteiger charge is 2.64. The summed E-state index contributed by atoms with van der Waals surface area (Å²) in [6.07, 6.45) is 0. The Bertz CT molecular complexity index is 738. The standard InChI is InChI=1S/C19H26N4O2/c1-18(2)14(19(18,3)4)11-20-17(24)23(5)12-15-21-22-16(25-15)13-9-7-6-8-10-13/h6-10,14H,11-12H2,1-5H3,(H,20,24). The Balaban J connectivity index is 1.53. The number of amides is 2. The second-order valence-electron chi connectivity index (χ2n) is 7.91. The minimum Gasteiger partial charge on any atom is -0.419 e. The van der Waals surface area contributed by atoms with Crippen molar-refractivity contribution in [1.82, 2.24) is 20.4 Å². The summed E-state index contributed by atoms with van der Waals surface area (Å²) in [6, 6.07) is 9.46. The van der Waals surface area contributed by atoms with Crippen molar-refractivity contribution < 1.29 is 9.21 Å². The first-order chi connectivity index (χ1) is 11.7. The summed E-state index contributed by atoms with van der Waals surface area (Å²) in [4.78, 5) is 13.9. The van der Waals surface area contributed by atoms with Crippen LogP contribution in [0.4, 0.5) is 4.79 Å². The Morgan fingerprint density at radius 2 is 1.80 bits per heavy atom. The van der Waals surface area contributed by atoms with Crippen LogP contribution < -0.4 is 5.32 Å². The molecule has 0 radical (unpaired) electrons. The van der Waals surface area contributed by atoms with Gasteiger partial charge < -0.3 is 14.6 Å². The van der Waals surface area contributed by atoms with E-state index in [1.165, 1.54) is 0 Å². The molecule has 134 valence electrons. The second kappa shape index (κ2) is 6.17. The third-order valence-corrected chi connectivity index (χ3v) is 5.98. The molecule has 0 spiro atoms. The van der Waals surface area contributed by atoms with Gasteiger partial charge >= 0.3 is 6.03 Å². The lowest BCUT2D eigenvalue weighted by Crippen LogP contribution is -2.38. The molecule has 1 aromatic heterocycles. The van der Waals surface area contributed by atoms with Gasteiger partial charge in [0.25, 0.3) is 0 Å². The van der Waals surface area contributed by atoms with Crippen molar-refractivity contribution in [2.45, 2.75) is 34.2 Å². The topological polar surface area (TPSA) is 71.3 Å². The number of benzene rings is 1. The van der Waals surface area contributed by atoms with E-state index in [0.717, 1.165) is 5.56 Å². The highest BCUT2D eigenvalue weighted by atomic mass is 16.4. The van der Waals surface area contributed by atoms with Crippen LogP contribution >= 0.6 is 0 Å². The van der Waals surface area contributed by atoms with E-state index in [1.807, 2.05) is 30.3 Å². The maximum Gasteiger partial charge on any atom is 0.317 e. The highest BCUT2D eigenvalue weighted by molar-refractivity contribution is 5.73. The fourth-order valence-corrected chi connectivity index (χ4v) is 3.46. The Kier molecular flexibility index (Phi) is 4.31. The van der Waals surface area contributed by atoms with E-state index in [2.05, 4.69) is 43.2 Å². The summed E-state index contributed by atoms with van der Waals surface area (Å²) in [7, 11) is 1.73. The number of aromatic nitrogens is 2. The van der Waals surface area contributed by atoms with E-state index >= 15 is 0 Å². The maximum atomic E-state index is 12.3. The molecule has 0 aliphatic heterocycles. The van der Waals surface area contributed by atoms with Crippen LogP contribution in [0.25, 0.3) is 11.5 Å². The first-order valence-corrected chi connectivity index (χ1v) is 8.60. The summed E-state index contributed by atoms with van der Waals surface area (Å²) >= 11 is 0. The predicted molar refractivity (Wildman–Crippen MR) is 95.7 cm³/mol. The zero-order chi connectivity index (χ0) is 18.2. The van der Waals surface area contributed by atoms with Gasteiger partial charge in [0.05, 0.1) is 0 Å². The van der Waals surface area contributed by atoms with Crippen molar-refractivity contribution in [2.24, 2.45) is 16.7 Å². The number of hydrogen-bond donors (Lipinski definition) is 1. The van der Waals surface area contributed by atoms with Crippen LogP contribution in [-0.4, -0.2) is 34.7 Å². The molecule has 6 nitrogen and oxygen atoms in total. The molecule has 1 aliphatic rings. The molecule has 25 heavy (non-hydrogen) atoms. The highest BCUT2D eigenvalue weighted by Crippen LogP contribution is 2.67. The fourth-order valence-electron chi connectivity index (χ4n) is 3.46. The third-order valence-electron chi connectivity index (χ3n) is 5.98. The lowest BCUT2D eigenvalue weighted by molar-refractivity contribution is 0.201. The second-order valence-corrected chi connectivity index (χ2v) is 7.91. The maximum absolute atomic E-state index is 12.3. The van der Waals surface area contributed by atoms with Gasteiger partial charge in [-0.05, 0) is 28.9 Å². The number of carbonyl (C=O) groups is 1. The number of carbonyl (C=O) groups excluding carboxylic acids is 1. The van der Waals surface area contributed by atoms with E-state index < -0.39 is 0 Å². The van der Waals surface area contributed by atoms with Crippen molar-refractivity contribution >= 4 is 6.03 Å². The first-order valence-electron chi connectivity index (χ1n) is 8.60. The van der Waals surface area contributed by atoms with Crippen LogP contribution in [0.3, 0.4) is 0 Å². The van der Waals surface area contributed by atoms with Crippen LogP contribution in [0.1, 0.15) is 33.6 Å². The van der Waals surface area contributed by atoms with Crippen LogP contribution in [-0.2, 0) is 6.54 Å². The van der Waals surface area contributed by atoms with E-state index in [9.17, 15) is 4.79 Å². The number of nitrogens with zero attached hydrogens (tertiary/aromatic N) is 3. The van der Waals surface area contributed by atoms with Crippen molar-refractivity contribution in [3.8, 4) is 11.5 Å². The number of rotatable bonds is 5. The van der Waals surface area contributed by atoms with Gasteiger partial charge in [0.15, 0.2) is 0 Å². The van der Waals surface area contributed by atoms with Crippen molar-refractivity contribution in [3.05, 3.63) is 36.2 Å². The zero-order valence-corrected chi connectivity index (χ0v) is 15.5. The van der Waals surface area contributed by atoms with E-state index in [4.69, 9.17) is 4.42 Å². The van der Waals surface area contributed by atoms with E-state index in [-0.39, 0.29) is 23.4 Å². The molecule has 2 aromatic rings. The van der Waals surface area contributed by atoms with Gasteiger partial charge in [-0.1, -0.05) is 45.9 Å². The smallest absolute Gasteiger partial charge is 0.317 e. The Labute approximate surface area is 148 Å². The molecule has 3 rings (SSSR count). The molecular formula is C19H26N4O2. The summed E-state index contributed by atoms with van der Waals surface area (Å²) in [6.45, 7) is 9.95. The zero-order valence-electron chi connectivity index (χ0n) is 15.5. The quantitative estimate of drug-likeness (QED) is 0.902. The van der Waals surface area contributed by atoms with Crippen LogP contribution in [0, 0.1) is 16.7 Å². The summed E-state index contributed by atoms with van der Waals surface area (Å²) in [5, 5.41) is 11.1. The molecule has 0 saturated heterocycles. The molecule has 0 unspecified atom stereocenters. The number of nitrogens with one attached hydrogen (secondary N) is 1. The molecule has 1 fully saturated rings. The SMILES string of the molecule is CN(Cc1nnc(-c2ccccc2)o1)C(=O)NCC1C(C)(C)C1(C)C. The minimum atomic E-state index is -0.127. The van der Waals surface area contributed by atoms with E-state index in [1.54, 1.807) is 11.9 Å². The summed E-state index contributed by atoms with van der Waals surface area (Å²) in [5.74, 6) is 1.37. The Morgan fingerprint density at radius 3 is 2.40 bits per heavy atom. The van der Waals surface area contributed by atoms with Crippen molar-refractivity contribution in [2.75, 3.05) is 13.6 Å². The fraction of sp³-hybridized carbons (Fsp3) is 0.526. The molecular weight excluding hydrogens is 316 g/mol. The van der Waals surface area contributed by atoms with Gasteiger partial charge in [0, 0.05) is 19.2 Å². The van der Waals surface area contributed by atoms with Crippen LogP contribution in [0.5, 0.6) is 0 Å². The van der Waals surface area contributed by atoms with Gasteiger partial charge in [0.2, 0.25) is 11.8 Å². The average Bonchev–Trinajstić information content (AvgIpc) is 2.91. The first kappa shape index (κ1) is 17.5. The monoisotopic (exact) mass is 342 g/mol. The summed E-state index contributed by atoms with van der Waals surface area (Å²) < 4.78 is 5.65. The van der Waals surface area contributed by atoms with Gasteiger partial charge in [-0.25, -0.2) is 4.79 Å². The summed E-state index contributed by atoms with van der Waals surface area (Å²) in [5.41, 5.74) is 1.39. The van der Waals surface area contributed by atoms with Gasteiger partial charge in [-0.3, -0.25) is 0 Å². The molecule has 1 heterocycles. The van der Waals surface area contributed by atoms with E-state index in [0.29, 0.717) is 24.2 Å². The van der Waals surface area contributed by atoms with Gasteiger partial charge in [0.1, 0.15) is 6.54 Å². The van der Waals surface area contributed by atoms with Crippen LogP contribution in [0.2, 0.25) is 0 Å². The molecule has 1 saturated carbocycles.